The van der Waals surface area contributed by atoms with Crippen molar-refractivity contribution in [3.63, 3.8) is 0 Å². The fourth-order valence-corrected chi connectivity index (χ4v) is 12.4. The molecule has 0 amide bonds. The molecule has 0 heterocycles. The Hall–Kier alpha value is -1.94. The van der Waals surface area contributed by atoms with Gasteiger partial charge in [0.25, 0.3) is 0 Å². The quantitative estimate of drug-likeness (QED) is 0.0222. The van der Waals surface area contributed by atoms with E-state index < -0.39 is 97.5 Å². The van der Waals surface area contributed by atoms with Crippen LogP contribution >= 0.6 is 15.6 Å². The van der Waals surface area contributed by atoms with Crippen molar-refractivity contribution in [1.82, 2.24) is 0 Å². The van der Waals surface area contributed by atoms with Gasteiger partial charge < -0.3 is 33.8 Å². The highest BCUT2D eigenvalue weighted by molar-refractivity contribution is 7.47. The summed E-state index contributed by atoms with van der Waals surface area (Å²) in [6, 6.07) is 0. The van der Waals surface area contributed by atoms with Crippen LogP contribution < -0.4 is 0 Å². The first-order chi connectivity index (χ1) is 43.8. The molecule has 91 heavy (non-hydrogen) atoms. The number of carbonyl (C=O) groups is 4. The molecule has 0 radical (unpaired) electrons. The van der Waals surface area contributed by atoms with E-state index in [0.29, 0.717) is 25.7 Å². The number of unbranched alkanes of at least 4 members (excludes halogenated alkanes) is 37. The van der Waals surface area contributed by atoms with Crippen LogP contribution in [0.3, 0.4) is 0 Å². The summed E-state index contributed by atoms with van der Waals surface area (Å²) < 4.78 is 68.1. The van der Waals surface area contributed by atoms with E-state index in [1.165, 1.54) is 167 Å². The Morgan fingerprint density at radius 1 is 0.319 bits per heavy atom. The lowest BCUT2D eigenvalue weighted by molar-refractivity contribution is -0.161. The molecule has 3 N–H and O–H groups in total. The van der Waals surface area contributed by atoms with E-state index in [1.54, 1.807) is 0 Å². The lowest BCUT2D eigenvalue weighted by Crippen LogP contribution is -2.30. The molecule has 0 saturated carbocycles. The molecule has 17 nitrogen and oxygen atoms in total. The van der Waals surface area contributed by atoms with Gasteiger partial charge in [0.15, 0.2) is 12.2 Å². The van der Waals surface area contributed by atoms with E-state index in [-0.39, 0.29) is 25.7 Å². The first-order valence-corrected chi connectivity index (χ1v) is 40.4. The second-order valence-electron chi connectivity index (χ2n) is 27.2. The van der Waals surface area contributed by atoms with Gasteiger partial charge >= 0.3 is 39.5 Å². The second kappa shape index (κ2) is 62.8. The van der Waals surface area contributed by atoms with E-state index in [4.69, 9.17) is 37.0 Å². The highest BCUT2D eigenvalue weighted by atomic mass is 31.2. The predicted octanol–water partition coefficient (Wildman–Crippen LogP) is 20.6. The van der Waals surface area contributed by atoms with E-state index >= 15 is 0 Å². The van der Waals surface area contributed by atoms with Gasteiger partial charge in [-0.15, -0.1) is 0 Å². The van der Waals surface area contributed by atoms with E-state index in [1.807, 2.05) is 0 Å². The number of rotatable bonds is 70. The summed E-state index contributed by atoms with van der Waals surface area (Å²) in [6.45, 7) is 11.8. The molecule has 0 fully saturated rings. The first-order valence-electron chi connectivity index (χ1n) is 37.4. The average Bonchev–Trinajstić information content (AvgIpc) is 2.10. The van der Waals surface area contributed by atoms with Crippen molar-refractivity contribution in [3.05, 3.63) is 0 Å². The average molecular weight is 1340 g/mol. The van der Waals surface area contributed by atoms with Crippen molar-refractivity contribution >= 4 is 39.5 Å². The molecule has 0 aliphatic carbocycles. The maximum Gasteiger partial charge on any atom is 0.472 e. The van der Waals surface area contributed by atoms with Crippen LogP contribution in [-0.4, -0.2) is 96.7 Å². The molecule has 0 aliphatic rings. The predicted molar refractivity (Wildman–Crippen MR) is 368 cm³/mol. The number of ether oxygens (including phenoxy) is 4. The zero-order chi connectivity index (χ0) is 67.3. The molecule has 540 valence electrons. The van der Waals surface area contributed by atoms with Gasteiger partial charge in [0, 0.05) is 25.7 Å². The maximum atomic E-state index is 13.0. The molecule has 6 atom stereocenters. The number of hydrogen-bond donors (Lipinski definition) is 3. The Morgan fingerprint density at radius 2 is 0.560 bits per heavy atom. The molecule has 0 bridgehead atoms. The molecule has 0 aromatic heterocycles. The molecule has 0 aliphatic heterocycles. The van der Waals surface area contributed by atoms with Gasteiger partial charge in [-0.3, -0.25) is 37.3 Å². The summed E-state index contributed by atoms with van der Waals surface area (Å²) in [5.74, 6) is 0.215. The molecular formula is C72H140O17P2. The van der Waals surface area contributed by atoms with Crippen molar-refractivity contribution < 1.29 is 80.2 Å². The Morgan fingerprint density at radius 3 is 0.835 bits per heavy atom. The molecule has 0 aromatic rings. The molecule has 0 aromatic carbocycles. The molecule has 0 rings (SSSR count). The lowest BCUT2D eigenvalue weighted by Gasteiger charge is -2.21. The van der Waals surface area contributed by atoms with E-state index in [0.717, 1.165) is 114 Å². The number of phosphoric ester groups is 2. The van der Waals surface area contributed by atoms with Crippen LogP contribution in [0, 0.1) is 17.8 Å². The summed E-state index contributed by atoms with van der Waals surface area (Å²) >= 11 is 0. The Bertz CT molecular complexity index is 1790. The number of carbonyl (C=O) groups excluding carboxylic acids is 4. The fourth-order valence-electron chi connectivity index (χ4n) is 10.9. The minimum Gasteiger partial charge on any atom is -0.462 e. The van der Waals surface area contributed by atoms with Crippen LogP contribution in [0.4, 0.5) is 0 Å². The fraction of sp³-hybridized carbons (Fsp3) is 0.944. The topological polar surface area (TPSA) is 237 Å². The Balaban J connectivity index is 5.10. The zero-order valence-corrected chi connectivity index (χ0v) is 61.1. The second-order valence-corrected chi connectivity index (χ2v) is 30.1. The smallest absolute Gasteiger partial charge is 0.462 e. The van der Waals surface area contributed by atoms with Crippen LogP contribution in [0.1, 0.15) is 363 Å². The third-order valence-corrected chi connectivity index (χ3v) is 18.9. The Labute approximate surface area is 556 Å². The summed E-state index contributed by atoms with van der Waals surface area (Å²) in [5.41, 5.74) is 0. The van der Waals surface area contributed by atoms with Crippen LogP contribution in [0.15, 0.2) is 0 Å². The van der Waals surface area contributed by atoms with Gasteiger partial charge in [-0.05, 0) is 43.4 Å². The highest BCUT2D eigenvalue weighted by Crippen LogP contribution is 2.45. The van der Waals surface area contributed by atoms with Crippen molar-refractivity contribution in [2.45, 2.75) is 381 Å². The standard InChI is InChI=1S/C72H140O17P2/c1-8-10-11-36-46-53-69(74)82-59-67(88-72(77)56-49-42-35-29-23-25-31-38-44-51-64(5)6)61-86-90(78,79)84-57-66(73)58-85-91(80,81)87-62-68(60-83-70(75)54-47-40-33-28-22-24-30-37-43-50-63(3)4)89-71(76)55-48-41-34-27-21-19-17-15-13-12-14-16-18-20-26-32-39-45-52-65(7)9-2/h63-68,73H,8-62H2,1-7H3,(H,78,79)(H,80,81)/t65?,66-,67+,68+/m0/s1. The number of aliphatic hydroxyl groups is 1. The zero-order valence-electron chi connectivity index (χ0n) is 59.3. The maximum absolute atomic E-state index is 13.0. The van der Waals surface area contributed by atoms with Gasteiger partial charge in [-0.1, -0.05) is 312 Å². The van der Waals surface area contributed by atoms with Gasteiger partial charge in [-0.25, -0.2) is 9.13 Å². The van der Waals surface area contributed by atoms with Crippen molar-refractivity contribution in [1.29, 1.82) is 0 Å². The number of aliphatic hydroxyl groups excluding tert-OH is 1. The van der Waals surface area contributed by atoms with Gasteiger partial charge in [0.1, 0.15) is 19.3 Å². The third-order valence-electron chi connectivity index (χ3n) is 17.0. The first kappa shape index (κ1) is 89.1. The summed E-state index contributed by atoms with van der Waals surface area (Å²) in [4.78, 5) is 72.3. The molecular weight excluding hydrogens is 1200 g/mol. The molecule has 0 saturated heterocycles. The number of esters is 4. The van der Waals surface area contributed by atoms with Crippen molar-refractivity contribution in [2.24, 2.45) is 17.8 Å². The van der Waals surface area contributed by atoms with E-state index in [2.05, 4.69) is 48.5 Å². The van der Waals surface area contributed by atoms with Gasteiger partial charge in [0.05, 0.1) is 26.4 Å². The van der Waals surface area contributed by atoms with Crippen molar-refractivity contribution in [2.75, 3.05) is 39.6 Å². The molecule has 0 spiro atoms. The summed E-state index contributed by atoms with van der Waals surface area (Å²) in [7, 11) is -9.89. The lowest BCUT2D eigenvalue weighted by atomic mass is 9.99. The van der Waals surface area contributed by atoms with E-state index in [9.17, 15) is 43.2 Å². The van der Waals surface area contributed by atoms with Crippen molar-refractivity contribution in [3.8, 4) is 0 Å². The van der Waals surface area contributed by atoms with Gasteiger partial charge in [0.2, 0.25) is 0 Å². The molecule has 3 unspecified atom stereocenters. The van der Waals surface area contributed by atoms with Crippen LogP contribution in [0.25, 0.3) is 0 Å². The van der Waals surface area contributed by atoms with Crippen LogP contribution in [0.5, 0.6) is 0 Å². The summed E-state index contributed by atoms with van der Waals surface area (Å²) in [6.07, 6.45) is 47.7. The number of phosphoric acid groups is 2. The van der Waals surface area contributed by atoms with Crippen LogP contribution in [0.2, 0.25) is 0 Å². The minimum atomic E-state index is -4.95. The molecule has 19 heteroatoms. The summed E-state index contributed by atoms with van der Waals surface area (Å²) in [5, 5.41) is 10.6. The number of hydrogen-bond acceptors (Lipinski definition) is 15. The highest BCUT2D eigenvalue weighted by Gasteiger charge is 2.30. The SMILES string of the molecule is CCCCCCCC(=O)OC[C@H](COP(=O)(O)OC[C@H](O)COP(=O)(O)OC[C@@H](COC(=O)CCCCCCCCCCCC(C)C)OC(=O)CCCCCCCCCCCCCCCCCCCCC(C)CC)OC(=O)CCCCCCCCCCCC(C)C. The largest absolute Gasteiger partial charge is 0.472 e. The van der Waals surface area contributed by atoms with Gasteiger partial charge in [-0.2, -0.15) is 0 Å². The normalized spacial score (nSPS) is 14.5. The monoisotopic (exact) mass is 1340 g/mol. The third kappa shape index (κ3) is 65.1. The Kier molecular flexibility index (Phi) is 61.5. The van der Waals surface area contributed by atoms with Crippen LogP contribution in [-0.2, 0) is 65.4 Å². The minimum absolute atomic E-state index is 0.104.